The third kappa shape index (κ3) is 5.72. The summed E-state index contributed by atoms with van der Waals surface area (Å²) >= 11 is 0. The van der Waals surface area contributed by atoms with Crippen molar-refractivity contribution >= 4 is 22.6 Å². The molecular weight excluding hydrogens is 603 g/mol. The maximum absolute atomic E-state index is 15.5. The highest BCUT2D eigenvalue weighted by atomic mass is 19.4. The normalized spacial score (nSPS) is 13.3. The second-order valence-electron chi connectivity index (χ2n) is 10.5. The number of likely N-dealkylation sites (N-methyl/N-ethyl adjacent to an activating group) is 1. The lowest BCUT2D eigenvalue weighted by Crippen LogP contribution is -2.34. The van der Waals surface area contributed by atoms with Crippen molar-refractivity contribution in [1.29, 1.82) is 0 Å². The Hall–Kier alpha value is -5.21. The molecule has 1 aliphatic carbocycles. The van der Waals surface area contributed by atoms with Gasteiger partial charge in [0, 0.05) is 24.3 Å². The van der Waals surface area contributed by atoms with Gasteiger partial charge in [-0.2, -0.15) is 18.3 Å². The van der Waals surface area contributed by atoms with Gasteiger partial charge < -0.3 is 14.4 Å². The van der Waals surface area contributed by atoms with E-state index in [-0.39, 0.29) is 46.3 Å². The number of carbonyl (C=O) groups excluding carboxylic acids is 1. The fourth-order valence-electron chi connectivity index (χ4n) is 5.12. The van der Waals surface area contributed by atoms with Crippen molar-refractivity contribution in [3.05, 3.63) is 88.4 Å². The van der Waals surface area contributed by atoms with Crippen LogP contribution in [0.3, 0.4) is 0 Å². The van der Waals surface area contributed by atoms with Gasteiger partial charge in [-0.05, 0) is 66.9 Å². The van der Waals surface area contributed by atoms with Gasteiger partial charge in [-0.3, -0.25) is 19.0 Å². The lowest BCUT2D eigenvalue weighted by molar-refractivity contribution is -0.137. The molecule has 2 aromatic heterocycles. The minimum atomic E-state index is -4.84. The summed E-state index contributed by atoms with van der Waals surface area (Å²) in [4.78, 5) is 32.2. The third-order valence-corrected chi connectivity index (χ3v) is 7.54. The van der Waals surface area contributed by atoms with Crippen LogP contribution >= 0.6 is 0 Å². The summed E-state index contributed by atoms with van der Waals surface area (Å²) in [6.45, 7) is -0.791. The molecule has 1 aliphatic rings. The average Bonchev–Trinajstić information content (AvgIpc) is 3.62. The standard InChI is InChI=1S/C30H25F5N6O4/c1-39(19-5-3-18(31)4-6-19)26(42)13-40-23-12-17(30(33,34)35)11-21(27(23)41(29(40)43)20-7-8-20)16-9-22(32)28(24(10-16)44-2)45-14-25-36-15-37-38-25/h3-6,9-12,15,20H,7-8,13-14H2,1-2H3,(H,36,37,38). The minimum absolute atomic E-state index is 0.00577. The van der Waals surface area contributed by atoms with E-state index in [1.54, 1.807) is 0 Å². The van der Waals surface area contributed by atoms with Gasteiger partial charge in [0.05, 0.1) is 23.7 Å². The Kier molecular flexibility index (Phi) is 7.54. The van der Waals surface area contributed by atoms with Crippen LogP contribution in [0.1, 0.15) is 30.3 Å². The van der Waals surface area contributed by atoms with Crippen LogP contribution in [0.5, 0.6) is 11.5 Å². The van der Waals surface area contributed by atoms with E-state index < -0.39 is 41.5 Å². The van der Waals surface area contributed by atoms with E-state index in [1.807, 2.05) is 0 Å². The van der Waals surface area contributed by atoms with Crippen LogP contribution in [0.2, 0.25) is 0 Å². The molecule has 45 heavy (non-hydrogen) atoms. The van der Waals surface area contributed by atoms with Gasteiger partial charge in [-0.1, -0.05) is 0 Å². The average molecular weight is 629 g/mol. The van der Waals surface area contributed by atoms with Crippen LogP contribution in [0.4, 0.5) is 27.6 Å². The number of aromatic amines is 1. The number of imidazole rings is 1. The van der Waals surface area contributed by atoms with Gasteiger partial charge >= 0.3 is 11.9 Å². The molecule has 5 aromatic rings. The number of nitrogens with zero attached hydrogens (tertiary/aromatic N) is 5. The van der Waals surface area contributed by atoms with Crippen LogP contribution < -0.4 is 20.1 Å². The molecule has 3 aromatic carbocycles. The second-order valence-corrected chi connectivity index (χ2v) is 10.5. The molecule has 0 bridgehead atoms. The molecule has 1 saturated carbocycles. The summed E-state index contributed by atoms with van der Waals surface area (Å²) in [5, 5.41) is 6.26. The molecule has 6 rings (SSSR count). The van der Waals surface area contributed by atoms with E-state index in [0.717, 1.165) is 34.9 Å². The number of methoxy groups -OCH3 is 1. The Morgan fingerprint density at radius 1 is 1.11 bits per heavy atom. The maximum Gasteiger partial charge on any atom is 0.416 e. The Balaban J connectivity index is 1.50. The second kappa shape index (κ2) is 11.4. The number of rotatable bonds is 9. The predicted octanol–water partition coefficient (Wildman–Crippen LogP) is 5.47. The van der Waals surface area contributed by atoms with Gasteiger partial charge in [0.1, 0.15) is 25.3 Å². The molecule has 1 N–H and O–H groups in total. The quantitative estimate of drug-likeness (QED) is 0.217. The van der Waals surface area contributed by atoms with Crippen molar-refractivity contribution in [1.82, 2.24) is 24.3 Å². The van der Waals surface area contributed by atoms with Crippen molar-refractivity contribution in [3.63, 3.8) is 0 Å². The topological polar surface area (TPSA) is 107 Å². The molecule has 0 spiro atoms. The Labute approximate surface area is 251 Å². The van der Waals surface area contributed by atoms with Gasteiger partial charge in [0.25, 0.3) is 0 Å². The number of amides is 1. The third-order valence-electron chi connectivity index (χ3n) is 7.54. The molecule has 1 fully saturated rings. The van der Waals surface area contributed by atoms with Crippen LogP contribution in [-0.2, 0) is 24.1 Å². The molecule has 234 valence electrons. The van der Waals surface area contributed by atoms with Gasteiger partial charge in [0.2, 0.25) is 5.91 Å². The number of H-pyrrole nitrogens is 1. The highest BCUT2D eigenvalue weighted by Crippen LogP contribution is 2.44. The first-order chi connectivity index (χ1) is 21.5. The minimum Gasteiger partial charge on any atom is -0.493 e. The van der Waals surface area contributed by atoms with E-state index in [1.165, 1.54) is 48.2 Å². The molecule has 0 atom stereocenters. The smallest absolute Gasteiger partial charge is 0.416 e. The fourth-order valence-corrected chi connectivity index (χ4v) is 5.12. The van der Waals surface area contributed by atoms with Crippen molar-refractivity contribution in [2.75, 3.05) is 19.1 Å². The predicted molar refractivity (Wildman–Crippen MR) is 152 cm³/mol. The number of hydrogen-bond donors (Lipinski definition) is 1. The van der Waals surface area contributed by atoms with E-state index in [0.29, 0.717) is 24.4 Å². The highest BCUT2D eigenvalue weighted by Gasteiger charge is 2.36. The lowest BCUT2D eigenvalue weighted by atomic mass is 9.99. The number of alkyl halides is 3. The summed E-state index contributed by atoms with van der Waals surface area (Å²) in [6, 6.07) is 8.70. The summed E-state index contributed by atoms with van der Waals surface area (Å²) < 4.78 is 84.9. The lowest BCUT2D eigenvalue weighted by Gasteiger charge is -2.18. The summed E-state index contributed by atoms with van der Waals surface area (Å²) in [6.07, 6.45) is -2.42. The molecule has 1 amide bonds. The van der Waals surface area contributed by atoms with Crippen LogP contribution in [0, 0.1) is 11.6 Å². The number of aromatic nitrogens is 5. The van der Waals surface area contributed by atoms with Crippen molar-refractivity contribution in [3.8, 4) is 22.6 Å². The Bertz CT molecular complexity index is 1950. The molecule has 2 heterocycles. The van der Waals surface area contributed by atoms with E-state index in [4.69, 9.17) is 9.47 Å². The summed E-state index contributed by atoms with van der Waals surface area (Å²) in [5.41, 5.74) is -1.59. The van der Waals surface area contributed by atoms with Crippen LogP contribution in [0.25, 0.3) is 22.2 Å². The Morgan fingerprint density at radius 3 is 2.47 bits per heavy atom. The summed E-state index contributed by atoms with van der Waals surface area (Å²) in [7, 11) is 2.66. The molecule has 10 nitrogen and oxygen atoms in total. The number of ether oxygens (including phenoxy) is 2. The highest BCUT2D eigenvalue weighted by molar-refractivity contribution is 5.97. The zero-order valence-electron chi connectivity index (χ0n) is 23.9. The molecule has 0 aliphatic heterocycles. The van der Waals surface area contributed by atoms with Crippen molar-refractivity contribution in [2.24, 2.45) is 0 Å². The van der Waals surface area contributed by atoms with E-state index >= 15 is 4.39 Å². The van der Waals surface area contributed by atoms with E-state index in [9.17, 15) is 27.2 Å². The molecule has 0 saturated heterocycles. The van der Waals surface area contributed by atoms with Crippen LogP contribution in [-0.4, -0.2) is 44.4 Å². The maximum atomic E-state index is 15.5. The monoisotopic (exact) mass is 628 g/mol. The van der Waals surface area contributed by atoms with Gasteiger partial charge in [-0.15, -0.1) is 0 Å². The van der Waals surface area contributed by atoms with Crippen molar-refractivity contribution in [2.45, 2.75) is 38.2 Å². The number of fused-ring (bicyclic) bond motifs is 1. The SMILES string of the molecule is COc1cc(-c2cc(C(F)(F)F)cc3c2n(C2CC2)c(=O)n3CC(=O)N(C)c2ccc(F)cc2)cc(F)c1OCc1ncn[nH]1. The number of halogens is 5. The first kappa shape index (κ1) is 29.8. The van der Waals surface area contributed by atoms with Crippen molar-refractivity contribution < 1.29 is 36.2 Å². The molecular formula is C30H25F5N6O4. The number of nitrogens with one attached hydrogen (secondary N) is 1. The summed E-state index contributed by atoms with van der Waals surface area (Å²) in [5.74, 6) is -2.17. The van der Waals surface area contributed by atoms with E-state index in [2.05, 4.69) is 15.2 Å². The molecule has 15 heteroatoms. The number of carbonyl (C=O) groups is 1. The zero-order valence-corrected chi connectivity index (χ0v) is 23.9. The fraction of sp³-hybridized carbons (Fsp3) is 0.267. The first-order valence-electron chi connectivity index (χ1n) is 13.7. The van der Waals surface area contributed by atoms with Gasteiger partial charge in [0.15, 0.2) is 23.1 Å². The number of benzene rings is 3. The number of hydrogen-bond acceptors (Lipinski definition) is 6. The largest absolute Gasteiger partial charge is 0.493 e. The molecule has 0 unspecified atom stereocenters. The van der Waals surface area contributed by atoms with Gasteiger partial charge in [-0.25, -0.2) is 18.6 Å². The van der Waals surface area contributed by atoms with Crippen LogP contribution in [0.15, 0.2) is 59.7 Å². The Morgan fingerprint density at radius 2 is 1.84 bits per heavy atom. The first-order valence-corrected chi connectivity index (χ1v) is 13.7. The number of anilines is 1. The zero-order chi connectivity index (χ0) is 32.0. The molecule has 0 radical (unpaired) electrons.